The maximum absolute atomic E-state index is 5.63. The summed E-state index contributed by atoms with van der Waals surface area (Å²) in [7, 11) is 0. The Morgan fingerprint density at radius 3 is 1.92 bits per heavy atom. The van der Waals surface area contributed by atoms with Gasteiger partial charge in [0.15, 0.2) is 0 Å². The number of hydrogen-bond donors (Lipinski definition) is 0. The van der Waals surface area contributed by atoms with E-state index in [2.05, 4.69) is 24.1 Å². The summed E-state index contributed by atoms with van der Waals surface area (Å²) in [6.45, 7) is 10.3. The Balaban J connectivity index is 4.08. The number of hydrogen-bond acceptors (Lipinski definition) is 2. The predicted octanol–water partition coefficient (Wildman–Crippen LogP) is 4.03. The molecule has 0 bridgehead atoms. The zero-order chi connectivity index (χ0) is 10.5. The van der Waals surface area contributed by atoms with Crippen molar-refractivity contribution in [2.45, 2.75) is 58.5 Å². The Morgan fingerprint density at radius 2 is 1.54 bits per heavy atom. The van der Waals surface area contributed by atoms with Crippen LogP contribution in [0.15, 0.2) is 10.2 Å². The van der Waals surface area contributed by atoms with E-state index in [0.717, 1.165) is 12.8 Å². The van der Waals surface area contributed by atoms with Crippen molar-refractivity contribution in [3.63, 3.8) is 0 Å². The van der Waals surface area contributed by atoms with Crippen LogP contribution in [0.2, 0.25) is 0 Å². The van der Waals surface area contributed by atoms with Crippen molar-refractivity contribution >= 4 is 11.6 Å². The third-order valence-electron chi connectivity index (χ3n) is 1.54. The second-order valence-corrected chi connectivity index (χ2v) is 5.35. The maximum atomic E-state index is 5.63. The number of rotatable bonds is 4. The highest BCUT2D eigenvalue weighted by molar-refractivity contribution is 6.17. The number of halogens is 1. The third-order valence-corrected chi connectivity index (χ3v) is 1.81. The second kappa shape index (κ2) is 4.94. The van der Waals surface area contributed by atoms with E-state index in [9.17, 15) is 0 Å². The van der Waals surface area contributed by atoms with Crippen molar-refractivity contribution in [3.8, 4) is 0 Å². The van der Waals surface area contributed by atoms with Crippen LogP contribution in [0.5, 0.6) is 0 Å². The molecule has 0 fully saturated rings. The molecule has 0 rings (SSSR count). The third kappa shape index (κ3) is 8.23. The molecule has 78 valence electrons. The van der Waals surface area contributed by atoms with Crippen LogP contribution in [0, 0.1) is 0 Å². The van der Waals surface area contributed by atoms with Gasteiger partial charge < -0.3 is 0 Å². The van der Waals surface area contributed by atoms with Crippen molar-refractivity contribution in [3.05, 3.63) is 0 Å². The molecule has 13 heavy (non-hydrogen) atoms. The van der Waals surface area contributed by atoms with Gasteiger partial charge in [0.2, 0.25) is 0 Å². The summed E-state index contributed by atoms with van der Waals surface area (Å²) in [5.74, 6) is 0.703. The minimum absolute atomic E-state index is 0.0673. The molecule has 0 N–H and O–H groups in total. The van der Waals surface area contributed by atoms with Crippen LogP contribution in [0.1, 0.15) is 47.5 Å². The van der Waals surface area contributed by atoms with E-state index in [1.54, 1.807) is 0 Å². The molecule has 0 saturated heterocycles. The van der Waals surface area contributed by atoms with Crippen molar-refractivity contribution in [2.75, 3.05) is 5.88 Å². The van der Waals surface area contributed by atoms with E-state index in [1.807, 2.05) is 20.8 Å². The molecule has 0 aromatic carbocycles. The highest BCUT2D eigenvalue weighted by Crippen LogP contribution is 2.20. The van der Waals surface area contributed by atoms with Crippen LogP contribution < -0.4 is 0 Å². The minimum Gasteiger partial charge on any atom is -0.188 e. The standard InChI is InChI=1S/C10H21ClN2/c1-9(2,3)12-13-10(4,5)7-6-8-11/h6-8H2,1-5H3. The molecule has 0 aliphatic rings. The molecule has 0 amide bonds. The number of nitrogens with zero attached hydrogens (tertiary/aromatic N) is 2. The van der Waals surface area contributed by atoms with Gasteiger partial charge in [-0.2, -0.15) is 10.2 Å². The predicted molar refractivity (Wildman–Crippen MR) is 58.6 cm³/mol. The van der Waals surface area contributed by atoms with E-state index in [4.69, 9.17) is 11.6 Å². The fourth-order valence-corrected chi connectivity index (χ4v) is 0.968. The average Bonchev–Trinajstić information content (AvgIpc) is 1.97. The van der Waals surface area contributed by atoms with Crippen LogP contribution in [-0.2, 0) is 0 Å². The molecule has 0 radical (unpaired) electrons. The van der Waals surface area contributed by atoms with Gasteiger partial charge in [0, 0.05) is 5.88 Å². The topological polar surface area (TPSA) is 24.7 Å². The molecular formula is C10H21ClN2. The summed E-state index contributed by atoms with van der Waals surface area (Å²) in [5, 5.41) is 8.59. The van der Waals surface area contributed by atoms with Crippen molar-refractivity contribution in [1.82, 2.24) is 0 Å². The van der Waals surface area contributed by atoms with Gasteiger partial charge >= 0.3 is 0 Å². The lowest BCUT2D eigenvalue weighted by atomic mass is 10.0. The lowest BCUT2D eigenvalue weighted by Crippen LogP contribution is -2.18. The first-order chi connectivity index (χ1) is 5.77. The Labute approximate surface area is 86.8 Å². The minimum atomic E-state index is -0.0712. The van der Waals surface area contributed by atoms with Gasteiger partial charge in [-0.05, 0) is 47.5 Å². The van der Waals surface area contributed by atoms with Crippen molar-refractivity contribution < 1.29 is 0 Å². The summed E-state index contributed by atoms with van der Waals surface area (Å²) < 4.78 is 0. The zero-order valence-electron chi connectivity index (χ0n) is 9.39. The fourth-order valence-electron chi connectivity index (χ4n) is 0.835. The molecule has 0 aromatic heterocycles. The molecular weight excluding hydrogens is 184 g/mol. The second-order valence-electron chi connectivity index (χ2n) is 4.98. The van der Waals surface area contributed by atoms with Crippen LogP contribution in [0.4, 0.5) is 0 Å². The largest absolute Gasteiger partial charge is 0.188 e. The van der Waals surface area contributed by atoms with Gasteiger partial charge in [-0.25, -0.2) is 0 Å². The summed E-state index contributed by atoms with van der Waals surface area (Å²) in [4.78, 5) is 0. The summed E-state index contributed by atoms with van der Waals surface area (Å²) >= 11 is 5.63. The van der Waals surface area contributed by atoms with Gasteiger partial charge in [-0.1, -0.05) is 0 Å². The molecule has 0 atom stereocenters. The van der Waals surface area contributed by atoms with Crippen LogP contribution in [0.3, 0.4) is 0 Å². The molecule has 0 saturated carbocycles. The SMILES string of the molecule is CC(C)(C)N=NC(C)(C)CCCCl. The van der Waals surface area contributed by atoms with Crippen molar-refractivity contribution in [1.29, 1.82) is 0 Å². The fraction of sp³-hybridized carbons (Fsp3) is 1.00. The Kier molecular flexibility index (Phi) is 4.90. The van der Waals surface area contributed by atoms with Gasteiger partial charge in [0.25, 0.3) is 0 Å². The van der Waals surface area contributed by atoms with Gasteiger partial charge in [-0.15, -0.1) is 11.6 Å². The van der Waals surface area contributed by atoms with E-state index < -0.39 is 0 Å². The zero-order valence-corrected chi connectivity index (χ0v) is 10.1. The van der Waals surface area contributed by atoms with Gasteiger partial charge in [0.05, 0.1) is 11.1 Å². The normalized spacial score (nSPS) is 14.0. The number of alkyl halides is 1. The highest BCUT2D eigenvalue weighted by atomic mass is 35.5. The summed E-state index contributed by atoms with van der Waals surface area (Å²) in [6, 6.07) is 0. The maximum Gasteiger partial charge on any atom is 0.0760 e. The first-order valence-corrected chi connectivity index (χ1v) is 5.30. The van der Waals surface area contributed by atoms with E-state index in [1.165, 1.54) is 0 Å². The monoisotopic (exact) mass is 204 g/mol. The Hall–Kier alpha value is -0.110. The van der Waals surface area contributed by atoms with Crippen LogP contribution in [-0.4, -0.2) is 17.0 Å². The number of azo groups is 1. The lowest BCUT2D eigenvalue weighted by Gasteiger charge is -2.20. The summed E-state index contributed by atoms with van der Waals surface area (Å²) in [5.41, 5.74) is -0.138. The molecule has 0 aliphatic carbocycles. The average molecular weight is 205 g/mol. The Bertz CT molecular complexity index is 168. The highest BCUT2D eigenvalue weighted by Gasteiger charge is 2.17. The molecule has 0 spiro atoms. The van der Waals surface area contributed by atoms with Crippen molar-refractivity contribution in [2.24, 2.45) is 10.2 Å². The van der Waals surface area contributed by atoms with Crippen LogP contribution in [0.25, 0.3) is 0 Å². The molecule has 3 heteroatoms. The quantitative estimate of drug-likeness (QED) is 0.488. The van der Waals surface area contributed by atoms with E-state index in [0.29, 0.717) is 5.88 Å². The molecule has 0 aromatic rings. The Morgan fingerprint density at radius 1 is 1.00 bits per heavy atom. The lowest BCUT2D eigenvalue weighted by molar-refractivity contribution is 0.412. The van der Waals surface area contributed by atoms with Gasteiger partial charge in [-0.3, -0.25) is 0 Å². The summed E-state index contributed by atoms with van der Waals surface area (Å²) in [6.07, 6.45) is 1.99. The molecule has 0 aliphatic heterocycles. The first-order valence-electron chi connectivity index (χ1n) is 4.77. The molecule has 0 heterocycles. The van der Waals surface area contributed by atoms with E-state index >= 15 is 0 Å². The van der Waals surface area contributed by atoms with Crippen LogP contribution >= 0.6 is 11.6 Å². The molecule has 0 unspecified atom stereocenters. The molecule has 2 nitrogen and oxygen atoms in total. The van der Waals surface area contributed by atoms with E-state index in [-0.39, 0.29) is 11.1 Å². The smallest absolute Gasteiger partial charge is 0.0760 e. The van der Waals surface area contributed by atoms with Gasteiger partial charge in [0.1, 0.15) is 0 Å². The first kappa shape index (κ1) is 12.9.